The van der Waals surface area contributed by atoms with Crippen molar-refractivity contribution in [3.05, 3.63) is 23.0 Å². The van der Waals surface area contributed by atoms with Crippen molar-refractivity contribution in [1.82, 2.24) is 19.8 Å². The van der Waals surface area contributed by atoms with Crippen molar-refractivity contribution in [3.8, 4) is 0 Å². The predicted molar refractivity (Wildman–Crippen MR) is 124 cm³/mol. The molecule has 7 heteroatoms. The minimum atomic E-state index is -0.0658. The van der Waals surface area contributed by atoms with Crippen LogP contribution in [-0.2, 0) is 4.79 Å². The van der Waals surface area contributed by atoms with Gasteiger partial charge in [-0.2, -0.15) is 0 Å². The smallest absolute Gasteiger partial charge is 0.220 e. The van der Waals surface area contributed by atoms with Crippen molar-refractivity contribution in [3.63, 3.8) is 0 Å². The highest BCUT2D eigenvalue weighted by Gasteiger charge is 2.32. The molecule has 1 aromatic carbocycles. The monoisotopic (exact) mass is 425 g/mol. The summed E-state index contributed by atoms with van der Waals surface area (Å²) in [5.41, 5.74) is 4.34. The normalized spacial score (nSPS) is 25.3. The summed E-state index contributed by atoms with van der Waals surface area (Å²) < 4.78 is 0. The summed E-state index contributed by atoms with van der Waals surface area (Å²) in [4.78, 5) is 39.5. The Balaban J connectivity index is 1.76. The molecule has 1 amide bonds. The van der Waals surface area contributed by atoms with Crippen LogP contribution in [0.3, 0.4) is 0 Å². The molecular weight excluding hydrogens is 390 g/mol. The number of carbonyl (C=O) groups excluding carboxylic acids is 2. The second kappa shape index (κ2) is 8.61. The van der Waals surface area contributed by atoms with Crippen molar-refractivity contribution in [2.24, 2.45) is 5.92 Å². The summed E-state index contributed by atoms with van der Waals surface area (Å²) in [6.07, 6.45) is 2.84. The van der Waals surface area contributed by atoms with E-state index in [1.54, 1.807) is 6.92 Å². The van der Waals surface area contributed by atoms with Crippen LogP contribution in [-0.4, -0.2) is 70.7 Å². The molecule has 3 unspecified atom stereocenters. The van der Waals surface area contributed by atoms with Gasteiger partial charge in [-0.3, -0.25) is 14.5 Å². The van der Waals surface area contributed by atoms with Gasteiger partial charge in [0.2, 0.25) is 5.91 Å². The fourth-order valence-electron chi connectivity index (χ4n) is 5.33. The lowest BCUT2D eigenvalue weighted by molar-refractivity contribution is -0.133. The van der Waals surface area contributed by atoms with E-state index in [9.17, 15) is 9.59 Å². The average Bonchev–Trinajstić information content (AvgIpc) is 3.16. The average molecular weight is 426 g/mol. The van der Waals surface area contributed by atoms with E-state index >= 15 is 0 Å². The van der Waals surface area contributed by atoms with E-state index in [4.69, 9.17) is 4.98 Å². The molecule has 168 valence electrons. The highest BCUT2D eigenvalue weighted by atomic mass is 16.2. The Morgan fingerprint density at radius 3 is 2.71 bits per heavy atom. The standard InChI is InChI=1S/C24H35N5O2/c1-6-27-9-10-28(16(3)13-27)21-12-20-23(19(14-30)17(21)4)26-24(25-20)22-11-15(2)7-8-29(22)18(5)31/h12,14-16,22H,6-11,13H2,1-5H3,(H,25,26). The van der Waals surface area contributed by atoms with Crippen molar-refractivity contribution in [2.75, 3.05) is 37.6 Å². The molecule has 0 saturated carbocycles. The number of likely N-dealkylation sites (N-methyl/N-ethyl adjacent to an activating group) is 1. The molecule has 3 atom stereocenters. The van der Waals surface area contributed by atoms with Gasteiger partial charge in [0.05, 0.1) is 17.1 Å². The molecule has 2 aliphatic heterocycles. The summed E-state index contributed by atoms with van der Waals surface area (Å²) in [5, 5.41) is 0. The third-order valence-electron chi connectivity index (χ3n) is 7.25. The SMILES string of the molecule is CCN1CCN(c2cc3[nH]c(C4CC(C)CCN4C(C)=O)nc3c(C=O)c2C)C(C)C1. The van der Waals surface area contributed by atoms with Gasteiger partial charge in [-0.1, -0.05) is 13.8 Å². The molecule has 2 aromatic rings. The number of amides is 1. The van der Waals surface area contributed by atoms with Gasteiger partial charge in [-0.25, -0.2) is 4.98 Å². The van der Waals surface area contributed by atoms with Crippen LogP contribution in [0.2, 0.25) is 0 Å². The minimum absolute atomic E-state index is 0.0658. The maximum Gasteiger partial charge on any atom is 0.220 e. The Morgan fingerprint density at radius 1 is 1.29 bits per heavy atom. The van der Waals surface area contributed by atoms with Crippen LogP contribution in [0.5, 0.6) is 0 Å². The molecule has 2 fully saturated rings. The van der Waals surface area contributed by atoms with Crippen LogP contribution in [0.15, 0.2) is 6.07 Å². The highest BCUT2D eigenvalue weighted by molar-refractivity contribution is 5.99. The maximum atomic E-state index is 12.2. The molecule has 2 saturated heterocycles. The van der Waals surface area contributed by atoms with Gasteiger partial charge in [0.25, 0.3) is 0 Å². The number of fused-ring (bicyclic) bond motifs is 1. The van der Waals surface area contributed by atoms with Crippen molar-refractivity contribution in [2.45, 2.75) is 59.5 Å². The number of anilines is 1. The fraction of sp³-hybridized carbons (Fsp3) is 0.625. The first-order valence-electron chi connectivity index (χ1n) is 11.6. The summed E-state index contributed by atoms with van der Waals surface area (Å²) in [6, 6.07) is 2.46. The van der Waals surface area contributed by atoms with Crippen molar-refractivity contribution < 1.29 is 9.59 Å². The largest absolute Gasteiger partial charge is 0.366 e. The number of rotatable bonds is 4. The van der Waals surface area contributed by atoms with Gasteiger partial charge in [0, 0.05) is 50.4 Å². The quantitative estimate of drug-likeness (QED) is 0.759. The second-order valence-electron chi connectivity index (χ2n) is 9.36. The first-order chi connectivity index (χ1) is 14.8. The molecule has 7 nitrogen and oxygen atoms in total. The van der Waals surface area contributed by atoms with Gasteiger partial charge in [0.15, 0.2) is 6.29 Å². The molecule has 0 spiro atoms. The van der Waals surface area contributed by atoms with Crippen LogP contribution in [0.1, 0.15) is 68.3 Å². The molecule has 0 aliphatic carbocycles. The molecule has 4 rings (SSSR count). The van der Waals surface area contributed by atoms with Crippen LogP contribution >= 0.6 is 0 Å². The number of hydrogen-bond acceptors (Lipinski definition) is 5. The lowest BCUT2D eigenvalue weighted by Gasteiger charge is -2.41. The number of imidazole rings is 1. The number of aromatic nitrogens is 2. The number of nitrogens with one attached hydrogen (secondary N) is 1. The molecule has 31 heavy (non-hydrogen) atoms. The van der Waals surface area contributed by atoms with Crippen molar-refractivity contribution in [1.29, 1.82) is 0 Å². The van der Waals surface area contributed by atoms with E-state index in [-0.39, 0.29) is 11.9 Å². The minimum Gasteiger partial charge on any atom is -0.366 e. The van der Waals surface area contributed by atoms with Gasteiger partial charge < -0.3 is 14.8 Å². The Hall–Kier alpha value is -2.41. The zero-order chi connectivity index (χ0) is 22.3. The molecule has 2 aliphatic rings. The Labute approximate surface area is 184 Å². The third-order valence-corrected chi connectivity index (χ3v) is 7.25. The van der Waals surface area contributed by atoms with E-state index in [0.717, 1.165) is 74.4 Å². The maximum absolute atomic E-state index is 12.2. The molecule has 1 N–H and O–H groups in total. The fourth-order valence-corrected chi connectivity index (χ4v) is 5.33. The highest BCUT2D eigenvalue weighted by Crippen LogP contribution is 2.36. The van der Waals surface area contributed by atoms with Gasteiger partial charge in [0.1, 0.15) is 5.82 Å². The van der Waals surface area contributed by atoms with E-state index < -0.39 is 0 Å². The van der Waals surface area contributed by atoms with Gasteiger partial charge in [-0.15, -0.1) is 0 Å². The lowest BCUT2D eigenvalue weighted by atomic mass is 9.92. The number of piperazine rings is 1. The summed E-state index contributed by atoms with van der Waals surface area (Å²) in [5.74, 6) is 1.40. The van der Waals surface area contributed by atoms with Crippen LogP contribution in [0, 0.1) is 12.8 Å². The van der Waals surface area contributed by atoms with Gasteiger partial charge in [-0.05, 0) is 50.8 Å². The zero-order valence-corrected chi connectivity index (χ0v) is 19.4. The van der Waals surface area contributed by atoms with Crippen LogP contribution in [0.4, 0.5) is 5.69 Å². The Bertz CT molecular complexity index is 984. The number of aromatic amines is 1. The number of benzene rings is 1. The number of nitrogens with zero attached hydrogens (tertiary/aromatic N) is 4. The van der Waals surface area contributed by atoms with Crippen LogP contribution < -0.4 is 4.90 Å². The number of hydrogen-bond donors (Lipinski definition) is 1. The number of H-pyrrole nitrogens is 1. The van der Waals surface area contributed by atoms with Crippen LogP contribution in [0.25, 0.3) is 11.0 Å². The zero-order valence-electron chi connectivity index (χ0n) is 19.4. The molecule has 0 bridgehead atoms. The number of aldehydes is 1. The third kappa shape index (κ3) is 3.95. The van der Waals surface area contributed by atoms with E-state index in [2.05, 4.69) is 41.6 Å². The summed E-state index contributed by atoms with van der Waals surface area (Å²) in [6.45, 7) is 15.1. The first-order valence-corrected chi connectivity index (χ1v) is 11.6. The van der Waals surface area contributed by atoms with E-state index in [0.29, 0.717) is 23.0 Å². The number of likely N-dealkylation sites (tertiary alicyclic amines) is 1. The van der Waals surface area contributed by atoms with E-state index in [1.807, 2.05) is 11.8 Å². The second-order valence-corrected chi connectivity index (χ2v) is 9.36. The molecule has 3 heterocycles. The van der Waals surface area contributed by atoms with Gasteiger partial charge >= 0.3 is 0 Å². The summed E-state index contributed by atoms with van der Waals surface area (Å²) >= 11 is 0. The predicted octanol–water partition coefficient (Wildman–Crippen LogP) is 3.53. The lowest BCUT2D eigenvalue weighted by Crippen LogP contribution is -2.52. The molecule has 1 aromatic heterocycles. The molecular formula is C24H35N5O2. The molecule has 0 radical (unpaired) electrons. The topological polar surface area (TPSA) is 72.5 Å². The summed E-state index contributed by atoms with van der Waals surface area (Å²) in [7, 11) is 0. The van der Waals surface area contributed by atoms with E-state index in [1.165, 1.54) is 0 Å². The number of piperidine rings is 1. The Kier molecular flexibility index (Phi) is 6.06. The number of carbonyl (C=O) groups is 2. The van der Waals surface area contributed by atoms with Crippen molar-refractivity contribution >= 4 is 28.9 Å². The first kappa shape index (κ1) is 21.8. The Morgan fingerprint density at radius 2 is 2.06 bits per heavy atom.